The minimum absolute atomic E-state index is 0.0246. The third kappa shape index (κ3) is 4.03. The number of benzene rings is 3. The van der Waals surface area contributed by atoms with E-state index < -0.39 is 0 Å². The molecule has 0 saturated carbocycles. The van der Waals surface area contributed by atoms with Gasteiger partial charge in [-0.1, -0.05) is 29.8 Å². The van der Waals surface area contributed by atoms with Crippen molar-refractivity contribution < 1.29 is 9.18 Å². The van der Waals surface area contributed by atoms with Gasteiger partial charge in [0, 0.05) is 29.8 Å². The number of halogens is 1. The maximum Gasteiger partial charge on any atom is 0.258 e. The summed E-state index contributed by atoms with van der Waals surface area (Å²) in [6, 6.07) is 22.4. The van der Waals surface area contributed by atoms with Gasteiger partial charge in [-0.3, -0.25) is 9.69 Å². The van der Waals surface area contributed by atoms with Gasteiger partial charge in [0.25, 0.3) is 5.91 Å². The molecule has 0 radical (unpaired) electrons. The summed E-state index contributed by atoms with van der Waals surface area (Å²) in [6.45, 7) is 5.15. The molecule has 1 saturated heterocycles. The van der Waals surface area contributed by atoms with Crippen LogP contribution in [0, 0.1) is 24.1 Å². The Hall–Kier alpha value is -3.49. The van der Waals surface area contributed by atoms with E-state index in [0.717, 1.165) is 49.3 Å². The standard InChI is InChI=1S/C28H26FN3O/c1-20-3-2-4-23(15-20)27(33)32-19-28(25-16-24(29)9-10-26(25)32)11-13-31(14-12-28)18-22-7-5-21(17-30)6-8-22/h2-10,15-16H,11-14,18-19H2,1H3. The van der Waals surface area contributed by atoms with E-state index in [0.29, 0.717) is 17.7 Å². The van der Waals surface area contributed by atoms with Crippen molar-refractivity contribution in [2.24, 2.45) is 0 Å². The molecule has 1 amide bonds. The van der Waals surface area contributed by atoms with E-state index in [2.05, 4.69) is 11.0 Å². The highest BCUT2D eigenvalue weighted by Crippen LogP contribution is 2.47. The van der Waals surface area contributed by atoms with Crippen LogP contribution in [0.15, 0.2) is 66.7 Å². The van der Waals surface area contributed by atoms with Gasteiger partial charge >= 0.3 is 0 Å². The van der Waals surface area contributed by atoms with Crippen molar-refractivity contribution in [2.45, 2.75) is 31.7 Å². The number of carbonyl (C=O) groups excluding carboxylic acids is 1. The highest BCUT2D eigenvalue weighted by molar-refractivity contribution is 6.07. The van der Waals surface area contributed by atoms with Crippen LogP contribution in [0.25, 0.3) is 0 Å². The molecule has 1 fully saturated rings. The quantitative estimate of drug-likeness (QED) is 0.564. The van der Waals surface area contributed by atoms with Crippen LogP contribution in [-0.4, -0.2) is 30.4 Å². The molecule has 2 aliphatic rings. The number of fused-ring (bicyclic) bond motifs is 2. The van der Waals surface area contributed by atoms with Crippen LogP contribution in [0.1, 0.15) is 45.5 Å². The maximum absolute atomic E-state index is 14.3. The van der Waals surface area contributed by atoms with E-state index in [-0.39, 0.29) is 17.1 Å². The van der Waals surface area contributed by atoms with Gasteiger partial charge in [-0.2, -0.15) is 5.26 Å². The monoisotopic (exact) mass is 439 g/mol. The van der Waals surface area contributed by atoms with Crippen molar-refractivity contribution in [1.82, 2.24) is 4.90 Å². The van der Waals surface area contributed by atoms with E-state index in [1.165, 1.54) is 11.6 Å². The molecule has 1 spiro atoms. The lowest BCUT2D eigenvalue weighted by molar-refractivity contribution is 0.0975. The first kappa shape index (κ1) is 21.4. The van der Waals surface area contributed by atoms with Crippen LogP contribution >= 0.6 is 0 Å². The third-order valence-corrected chi connectivity index (χ3v) is 7.09. The zero-order chi connectivity index (χ0) is 23.0. The molecule has 4 nitrogen and oxygen atoms in total. The fourth-order valence-electron chi connectivity index (χ4n) is 5.27. The topological polar surface area (TPSA) is 47.3 Å². The Labute approximate surface area is 193 Å². The largest absolute Gasteiger partial charge is 0.307 e. The molecule has 5 heteroatoms. The maximum atomic E-state index is 14.3. The first-order chi connectivity index (χ1) is 16.0. The number of rotatable bonds is 3. The number of piperidine rings is 1. The molecule has 0 aliphatic carbocycles. The van der Waals surface area contributed by atoms with Gasteiger partial charge < -0.3 is 4.90 Å². The SMILES string of the molecule is Cc1cccc(C(=O)N2CC3(CCN(Cc4ccc(C#N)cc4)CC3)c3cc(F)ccc32)c1. The molecule has 3 aromatic carbocycles. The van der Waals surface area contributed by atoms with E-state index in [4.69, 9.17) is 5.26 Å². The van der Waals surface area contributed by atoms with E-state index >= 15 is 0 Å². The Kier molecular flexibility index (Phi) is 5.47. The molecule has 3 aromatic rings. The summed E-state index contributed by atoms with van der Waals surface area (Å²) >= 11 is 0. The van der Waals surface area contributed by atoms with Gasteiger partial charge in [0.2, 0.25) is 0 Å². The zero-order valence-corrected chi connectivity index (χ0v) is 18.7. The zero-order valence-electron chi connectivity index (χ0n) is 18.7. The van der Waals surface area contributed by atoms with Crippen molar-refractivity contribution in [3.8, 4) is 6.07 Å². The minimum atomic E-state index is -0.252. The van der Waals surface area contributed by atoms with Crippen LogP contribution < -0.4 is 4.90 Å². The summed E-state index contributed by atoms with van der Waals surface area (Å²) in [7, 11) is 0. The lowest BCUT2D eigenvalue weighted by Crippen LogP contribution is -2.45. The van der Waals surface area contributed by atoms with Gasteiger partial charge in [-0.05, 0) is 86.4 Å². The van der Waals surface area contributed by atoms with Gasteiger partial charge in [-0.15, -0.1) is 0 Å². The van der Waals surface area contributed by atoms with Gasteiger partial charge in [0.1, 0.15) is 5.82 Å². The molecule has 2 heterocycles. The second kappa shape index (κ2) is 8.46. The lowest BCUT2D eigenvalue weighted by atomic mass is 9.74. The molecule has 33 heavy (non-hydrogen) atoms. The summed E-state index contributed by atoms with van der Waals surface area (Å²) in [6.07, 6.45) is 1.74. The Balaban J connectivity index is 1.37. The normalized spacial score (nSPS) is 17.1. The molecule has 5 rings (SSSR count). The van der Waals surface area contributed by atoms with Crippen LogP contribution in [0.3, 0.4) is 0 Å². The Bertz CT molecular complexity index is 1240. The molecule has 0 N–H and O–H groups in total. The van der Waals surface area contributed by atoms with Gasteiger partial charge in [0.15, 0.2) is 0 Å². The van der Waals surface area contributed by atoms with E-state index in [1.807, 2.05) is 60.4 Å². The summed E-state index contributed by atoms with van der Waals surface area (Å²) in [5.74, 6) is -0.276. The van der Waals surface area contributed by atoms with Crippen LogP contribution in [0.2, 0.25) is 0 Å². The number of nitrogens with zero attached hydrogens (tertiary/aromatic N) is 3. The number of aryl methyl sites for hydroxylation is 1. The molecule has 0 atom stereocenters. The van der Waals surface area contributed by atoms with Crippen molar-refractivity contribution in [3.05, 3.63) is 100 Å². The number of hydrogen-bond acceptors (Lipinski definition) is 3. The van der Waals surface area contributed by atoms with Crippen LogP contribution in [0.4, 0.5) is 10.1 Å². The first-order valence-electron chi connectivity index (χ1n) is 11.4. The molecular formula is C28H26FN3O. The molecule has 2 aliphatic heterocycles. The first-order valence-corrected chi connectivity index (χ1v) is 11.4. The predicted octanol–water partition coefficient (Wildman–Crippen LogP) is 5.20. The van der Waals surface area contributed by atoms with Gasteiger partial charge in [0.05, 0.1) is 11.6 Å². The second-order valence-electron chi connectivity index (χ2n) is 9.29. The molecular weight excluding hydrogens is 413 g/mol. The number of amides is 1. The summed E-state index contributed by atoms with van der Waals surface area (Å²) in [5.41, 5.74) is 5.13. The summed E-state index contributed by atoms with van der Waals surface area (Å²) in [5, 5.41) is 9.00. The fraction of sp³-hybridized carbons (Fsp3) is 0.286. The number of carbonyl (C=O) groups is 1. The number of likely N-dealkylation sites (tertiary alicyclic amines) is 1. The summed E-state index contributed by atoms with van der Waals surface area (Å²) < 4.78 is 14.3. The second-order valence-corrected chi connectivity index (χ2v) is 9.29. The van der Waals surface area contributed by atoms with Crippen molar-refractivity contribution in [1.29, 1.82) is 5.26 Å². The van der Waals surface area contributed by atoms with E-state index in [9.17, 15) is 9.18 Å². The van der Waals surface area contributed by atoms with Crippen molar-refractivity contribution in [3.63, 3.8) is 0 Å². The van der Waals surface area contributed by atoms with Crippen molar-refractivity contribution >= 4 is 11.6 Å². The molecule has 166 valence electrons. The molecule has 0 aromatic heterocycles. The highest BCUT2D eigenvalue weighted by Gasteiger charge is 2.46. The van der Waals surface area contributed by atoms with Crippen LogP contribution in [0.5, 0.6) is 0 Å². The van der Waals surface area contributed by atoms with Gasteiger partial charge in [-0.25, -0.2) is 4.39 Å². The number of hydrogen-bond donors (Lipinski definition) is 0. The third-order valence-electron chi connectivity index (χ3n) is 7.09. The Morgan fingerprint density at radius 3 is 2.52 bits per heavy atom. The average Bonchev–Trinajstić information content (AvgIpc) is 3.14. The summed E-state index contributed by atoms with van der Waals surface area (Å²) in [4.78, 5) is 17.7. The Morgan fingerprint density at radius 2 is 1.82 bits per heavy atom. The Morgan fingerprint density at radius 1 is 1.06 bits per heavy atom. The predicted molar refractivity (Wildman–Crippen MR) is 127 cm³/mol. The number of anilines is 1. The smallest absolute Gasteiger partial charge is 0.258 e. The van der Waals surface area contributed by atoms with Crippen LogP contribution in [-0.2, 0) is 12.0 Å². The molecule has 0 unspecified atom stereocenters. The lowest BCUT2D eigenvalue weighted by Gasteiger charge is -2.40. The average molecular weight is 440 g/mol. The number of nitriles is 1. The highest BCUT2D eigenvalue weighted by atomic mass is 19.1. The minimum Gasteiger partial charge on any atom is -0.307 e. The van der Waals surface area contributed by atoms with Crippen molar-refractivity contribution in [2.75, 3.05) is 24.5 Å². The molecule has 0 bridgehead atoms. The fourth-order valence-corrected chi connectivity index (χ4v) is 5.27. The van der Waals surface area contributed by atoms with E-state index in [1.54, 1.807) is 12.1 Å².